The molecule has 3 heterocycles. The van der Waals surface area contributed by atoms with E-state index < -0.39 is 0 Å². The summed E-state index contributed by atoms with van der Waals surface area (Å²) in [6, 6.07) is 10.1. The Kier molecular flexibility index (Phi) is 5.60. The average molecular weight is 373 g/mol. The summed E-state index contributed by atoms with van der Waals surface area (Å²) in [4.78, 5) is 8.77. The van der Waals surface area contributed by atoms with Crippen LogP contribution in [0.5, 0.6) is 0 Å². The van der Waals surface area contributed by atoms with Gasteiger partial charge < -0.3 is 15.1 Å². The number of likely N-dealkylation sites (tertiary alicyclic amines) is 1. The fourth-order valence-corrected chi connectivity index (χ4v) is 4.37. The second kappa shape index (κ2) is 8.27. The summed E-state index contributed by atoms with van der Waals surface area (Å²) in [6.07, 6.45) is 6.53. The van der Waals surface area contributed by atoms with Crippen molar-refractivity contribution in [2.24, 2.45) is 4.99 Å². The molecule has 2 atom stereocenters. The van der Waals surface area contributed by atoms with Crippen molar-refractivity contribution in [2.45, 2.75) is 57.3 Å². The maximum atomic E-state index is 5.42. The highest BCUT2D eigenvalue weighted by Crippen LogP contribution is 2.33. The number of hydrogen-bond donors (Lipinski definition) is 2. The van der Waals surface area contributed by atoms with Crippen LogP contribution in [0.1, 0.15) is 36.8 Å². The monoisotopic (exact) mass is 372 g/mol. The molecule has 0 aromatic carbocycles. The molecule has 5 nitrogen and oxygen atoms in total. The standard InChI is InChI=1S/C20H28N4OS/c1-15-12-16(14-24(15)17-6-7-17)23-20(22-13-19-5-3-11-26-19)21-9-8-18-4-2-10-25-18/h2-5,10-11,15-17H,6-9,12-14H2,1H3,(H2,21,22,23). The lowest BCUT2D eigenvalue weighted by Crippen LogP contribution is -2.45. The predicted octanol–water partition coefficient (Wildman–Crippen LogP) is 3.24. The number of nitrogens with zero attached hydrogens (tertiary/aromatic N) is 2. The van der Waals surface area contributed by atoms with Gasteiger partial charge in [0.15, 0.2) is 5.96 Å². The van der Waals surface area contributed by atoms with Gasteiger partial charge >= 0.3 is 0 Å². The number of guanidine groups is 1. The summed E-state index contributed by atoms with van der Waals surface area (Å²) in [6.45, 7) is 5.03. The summed E-state index contributed by atoms with van der Waals surface area (Å²) in [5.41, 5.74) is 0. The van der Waals surface area contributed by atoms with E-state index in [1.165, 1.54) is 24.1 Å². The van der Waals surface area contributed by atoms with Crippen molar-refractivity contribution < 1.29 is 4.42 Å². The fraction of sp³-hybridized carbons (Fsp3) is 0.550. The van der Waals surface area contributed by atoms with Gasteiger partial charge in [-0.3, -0.25) is 4.90 Å². The van der Waals surface area contributed by atoms with Crippen LogP contribution in [0, 0.1) is 0 Å². The van der Waals surface area contributed by atoms with E-state index >= 15 is 0 Å². The van der Waals surface area contributed by atoms with Crippen molar-refractivity contribution in [3.8, 4) is 0 Å². The molecule has 1 saturated heterocycles. The molecule has 140 valence electrons. The normalized spacial score (nSPS) is 24.1. The van der Waals surface area contributed by atoms with Crippen LogP contribution in [-0.2, 0) is 13.0 Å². The minimum absolute atomic E-state index is 0.476. The van der Waals surface area contributed by atoms with Crippen LogP contribution in [-0.4, -0.2) is 42.1 Å². The Morgan fingerprint density at radius 2 is 2.27 bits per heavy atom. The zero-order valence-corrected chi connectivity index (χ0v) is 16.2. The van der Waals surface area contributed by atoms with E-state index in [9.17, 15) is 0 Å². The number of rotatable bonds is 7. The molecule has 0 radical (unpaired) electrons. The zero-order chi connectivity index (χ0) is 17.8. The van der Waals surface area contributed by atoms with Gasteiger partial charge in [-0.05, 0) is 49.8 Å². The maximum Gasteiger partial charge on any atom is 0.191 e. The number of nitrogens with one attached hydrogen (secondary N) is 2. The molecule has 2 aliphatic rings. The van der Waals surface area contributed by atoms with Crippen molar-refractivity contribution >= 4 is 17.3 Å². The first-order valence-corrected chi connectivity index (χ1v) is 10.5. The topological polar surface area (TPSA) is 52.8 Å². The second-order valence-corrected chi connectivity index (χ2v) is 8.39. The highest BCUT2D eigenvalue weighted by Gasteiger charge is 2.38. The average Bonchev–Trinajstić information content (AvgIpc) is 3.04. The van der Waals surface area contributed by atoms with Crippen molar-refractivity contribution in [3.05, 3.63) is 46.5 Å². The van der Waals surface area contributed by atoms with E-state index in [1.54, 1.807) is 17.6 Å². The Bertz CT molecular complexity index is 693. The third-order valence-electron chi connectivity index (χ3n) is 5.20. The summed E-state index contributed by atoms with van der Waals surface area (Å²) >= 11 is 1.76. The summed E-state index contributed by atoms with van der Waals surface area (Å²) in [5.74, 6) is 1.92. The van der Waals surface area contributed by atoms with Crippen molar-refractivity contribution in [3.63, 3.8) is 0 Å². The molecule has 2 aromatic rings. The van der Waals surface area contributed by atoms with Crippen LogP contribution in [0.3, 0.4) is 0 Å². The number of furan rings is 1. The quantitative estimate of drug-likeness (QED) is 0.579. The van der Waals surface area contributed by atoms with Crippen LogP contribution in [0.4, 0.5) is 0 Å². The van der Waals surface area contributed by atoms with E-state index in [-0.39, 0.29) is 0 Å². The lowest BCUT2D eigenvalue weighted by Gasteiger charge is -2.20. The van der Waals surface area contributed by atoms with E-state index in [0.29, 0.717) is 12.1 Å². The molecule has 2 aromatic heterocycles. The second-order valence-electron chi connectivity index (χ2n) is 7.35. The molecule has 26 heavy (non-hydrogen) atoms. The van der Waals surface area contributed by atoms with Crippen LogP contribution >= 0.6 is 11.3 Å². The van der Waals surface area contributed by atoms with Gasteiger partial charge in [0.05, 0.1) is 12.8 Å². The van der Waals surface area contributed by atoms with Crippen molar-refractivity contribution in [1.29, 1.82) is 0 Å². The van der Waals surface area contributed by atoms with Gasteiger partial charge in [0, 0.05) is 42.5 Å². The van der Waals surface area contributed by atoms with Crippen molar-refractivity contribution in [2.75, 3.05) is 13.1 Å². The highest BCUT2D eigenvalue weighted by molar-refractivity contribution is 7.09. The molecule has 2 unspecified atom stereocenters. The van der Waals surface area contributed by atoms with E-state index in [4.69, 9.17) is 9.41 Å². The molecule has 0 spiro atoms. The molecular weight excluding hydrogens is 344 g/mol. The van der Waals surface area contributed by atoms with E-state index in [0.717, 1.165) is 43.8 Å². The fourth-order valence-electron chi connectivity index (χ4n) is 3.74. The SMILES string of the molecule is CC1CC(NC(=NCc2cccs2)NCCc2ccco2)CN1C1CC1. The van der Waals surface area contributed by atoms with E-state index in [1.807, 2.05) is 12.1 Å². The Labute approximate surface area is 159 Å². The Balaban J connectivity index is 1.34. The molecular formula is C20H28N4OS. The van der Waals surface area contributed by atoms with E-state index in [2.05, 4.69) is 40.0 Å². The lowest BCUT2D eigenvalue weighted by molar-refractivity contribution is 0.256. The van der Waals surface area contributed by atoms with Gasteiger partial charge in [-0.25, -0.2) is 4.99 Å². The van der Waals surface area contributed by atoms with Crippen LogP contribution in [0.25, 0.3) is 0 Å². The molecule has 1 saturated carbocycles. The first kappa shape index (κ1) is 17.6. The maximum absolute atomic E-state index is 5.42. The molecule has 2 N–H and O–H groups in total. The Hall–Kier alpha value is -1.79. The largest absolute Gasteiger partial charge is 0.469 e. The number of thiophene rings is 1. The van der Waals surface area contributed by atoms with Gasteiger partial charge in [0.1, 0.15) is 5.76 Å². The van der Waals surface area contributed by atoms with Gasteiger partial charge in [-0.2, -0.15) is 0 Å². The number of hydrogen-bond acceptors (Lipinski definition) is 4. The highest BCUT2D eigenvalue weighted by atomic mass is 32.1. The lowest BCUT2D eigenvalue weighted by atomic mass is 10.2. The third-order valence-corrected chi connectivity index (χ3v) is 6.06. The third kappa shape index (κ3) is 4.68. The molecule has 0 amide bonds. The summed E-state index contributed by atoms with van der Waals surface area (Å²) < 4.78 is 5.42. The Morgan fingerprint density at radius 3 is 3.00 bits per heavy atom. The smallest absolute Gasteiger partial charge is 0.191 e. The molecule has 1 aliphatic carbocycles. The van der Waals surface area contributed by atoms with Crippen molar-refractivity contribution in [1.82, 2.24) is 15.5 Å². The zero-order valence-electron chi connectivity index (χ0n) is 15.4. The predicted molar refractivity (Wildman–Crippen MR) is 107 cm³/mol. The van der Waals surface area contributed by atoms with Gasteiger partial charge in [0.2, 0.25) is 0 Å². The van der Waals surface area contributed by atoms with Crippen LogP contribution in [0.15, 0.2) is 45.3 Å². The molecule has 0 bridgehead atoms. The Morgan fingerprint density at radius 1 is 1.35 bits per heavy atom. The summed E-state index contributed by atoms with van der Waals surface area (Å²) in [5, 5.41) is 9.27. The summed E-state index contributed by atoms with van der Waals surface area (Å²) in [7, 11) is 0. The first-order chi connectivity index (χ1) is 12.8. The molecule has 2 fully saturated rings. The van der Waals surface area contributed by atoms with Crippen LogP contribution in [0.2, 0.25) is 0 Å². The number of aliphatic imine (C=N–C) groups is 1. The van der Waals surface area contributed by atoms with Crippen LogP contribution < -0.4 is 10.6 Å². The minimum Gasteiger partial charge on any atom is -0.469 e. The first-order valence-electron chi connectivity index (χ1n) is 9.63. The molecule has 1 aliphatic heterocycles. The molecule has 4 rings (SSSR count). The van der Waals surface area contributed by atoms with Gasteiger partial charge in [-0.15, -0.1) is 11.3 Å². The van der Waals surface area contributed by atoms with Gasteiger partial charge in [-0.1, -0.05) is 6.07 Å². The molecule has 6 heteroatoms. The van der Waals surface area contributed by atoms with Gasteiger partial charge in [0.25, 0.3) is 0 Å². The minimum atomic E-state index is 0.476.